The number of carbonyl (C=O) groups is 2. The first kappa shape index (κ1) is 15.0. The van der Waals surface area contributed by atoms with Crippen molar-refractivity contribution in [2.75, 3.05) is 19.6 Å². The summed E-state index contributed by atoms with van der Waals surface area (Å²) in [6.07, 6.45) is 6.68. The molecule has 2 amide bonds. The van der Waals surface area contributed by atoms with E-state index in [1.54, 1.807) is 12.3 Å². The van der Waals surface area contributed by atoms with Crippen LogP contribution < -0.4 is 5.73 Å². The van der Waals surface area contributed by atoms with Gasteiger partial charge in [-0.05, 0) is 38.3 Å². The monoisotopic (exact) mass is 305 g/mol. The summed E-state index contributed by atoms with van der Waals surface area (Å²) in [6.45, 7) is 1.94. The number of nitrogens with one attached hydrogen (secondary N) is 1. The lowest BCUT2D eigenvalue weighted by molar-refractivity contribution is -0.120. The fraction of sp³-hybridized carbons (Fsp3) is 0.667. The van der Waals surface area contributed by atoms with Gasteiger partial charge in [-0.1, -0.05) is 6.42 Å². The average molecular weight is 305 g/mol. The van der Waals surface area contributed by atoms with E-state index in [0.717, 1.165) is 45.2 Å². The third-order valence-electron chi connectivity index (χ3n) is 4.76. The Bertz CT molecular complexity index is 530. The second-order valence-electron chi connectivity index (χ2n) is 6.18. The second kappa shape index (κ2) is 6.48. The Morgan fingerprint density at radius 2 is 2.05 bits per heavy atom. The largest absolute Gasteiger partial charge is 0.369 e. The summed E-state index contributed by atoms with van der Waals surface area (Å²) < 4.78 is 0. The number of amides is 2. The molecule has 0 spiro atoms. The number of aromatic amines is 1. The minimum Gasteiger partial charge on any atom is -0.369 e. The third-order valence-corrected chi connectivity index (χ3v) is 4.76. The lowest BCUT2D eigenvalue weighted by Gasteiger charge is -2.44. The number of hydrogen-bond acceptors (Lipinski definition) is 4. The molecule has 0 unspecified atom stereocenters. The highest BCUT2D eigenvalue weighted by Gasteiger charge is 2.39. The number of hydrogen-bond donors (Lipinski definition) is 2. The van der Waals surface area contributed by atoms with Crippen molar-refractivity contribution in [3.05, 3.63) is 18.0 Å². The molecule has 2 aliphatic rings. The molecule has 120 valence electrons. The first-order chi connectivity index (χ1) is 10.7. The van der Waals surface area contributed by atoms with Gasteiger partial charge in [0, 0.05) is 24.8 Å². The van der Waals surface area contributed by atoms with Crippen molar-refractivity contribution in [2.45, 2.75) is 44.2 Å². The fourth-order valence-corrected chi connectivity index (χ4v) is 3.82. The van der Waals surface area contributed by atoms with Crippen LogP contribution in [0.15, 0.2) is 12.3 Å². The number of H-pyrrole nitrogens is 1. The summed E-state index contributed by atoms with van der Waals surface area (Å²) >= 11 is 0. The van der Waals surface area contributed by atoms with Gasteiger partial charge in [-0.3, -0.25) is 19.6 Å². The first-order valence-electron chi connectivity index (χ1n) is 7.99. The number of likely N-dealkylation sites (tertiary alicyclic amines) is 2. The fourth-order valence-electron chi connectivity index (χ4n) is 3.82. The van der Waals surface area contributed by atoms with Crippen LogP contribution >= 0.6 is 0 Å². The molecule has 0 saturated carbocycles. The molecule has 22 heavy (non-hydrogen) atoms. The topological polar surface area (TPSA) is 95.3 Å². The highest BCUT2D eigenvalue weighted by molar-refractivity contribution is 5.92. The summed E-state index contributed by atoms with van der Waals surface area (Å²) in [5.41, 5.74) is 5.93. The molecule has 7 nitrogen and oxygen atoms in total. The predicted molar refractivity (Wildman–Crippen MR) is 81.1 cm³/mol. The van der Waals surface area contributed by atoms with Gasteiger partial charge >= 0.3 is 0 Å². The minimum atomic E-state index is -0.294. The normalized spacial score (nSPS) is 26.3. The maximum absolute atomic E-state index is 12.7. The number of aromatic nitrogens is 2. The molecule has 2 saturated heterocycles. The zero-order chi connectivity index (χ0) is 15.5. The Morgan fingerprint density at radius 3 is 2.77 bits per heavy atom. The van der Waals surface area contributed by atoms with Gasteiger partial charge in [-0.15, -0.1) is 0 Å². The standard InChI is InChI=1S/C15H23N5O2/c16-14(21)10-19-8-2-1-4-13-12(19)5-3-9-20(13)15(22)11-6-7-17-18-11/h6-7,12-13H,1-5,8-10H2,(H2,16,21)(H,17,18)/t12-,13-/m1/s1. The van der Waals surface area contributed by atoms with E-state index in [1.807, 2.05) is 4.90 Å². The lowest BCUT2D eigenvalue weighted by Crippen LogP contribution is -2.57. The van der Waals surface area contributed by atoms with E-state index >= 15 is 0 Å². The molecule has 2 atom stereocenters. The minimum absolute atomic E-state index is 0.00752. The van der Waals surface area contributed by atoms with E-state index in [9.17, 15) is 9.59 Å². The number of rotatable bonds is 3. The molecule has 7 heteroatoms. The van der Waals surface area contributed by atoms with Crippen LogP contribution in [0.5, 0.6) is 0 Å². The van der Waals surface area contributed by atoms with E-state index in [1.165, 1.54) is 0 Å². The van der Waals surface area contributed by atoms with Gasteiger partial charge in [0.15, 0.2) is 0 Å². The summed E-state index contributed by atoms with van der Waals surface area (Å²) in [5, 5.41) is 6.63. The van der Waals surface area contributed by atoms with Crippen molar-refractivity contribution < 1.29 is 9.59 Å². The smallest absolute Gasteiger partial charge is 0.272 e. The van der Waals surface area contributed by atoms with Crippen LogP contribution in [-0.2, 0) is 4.79 Å². The van der Waals surface area contributed by atoms with Crippen molar-refractivity contribution >= 4 is 11.8 Å². The quantitative estimate of drug-likeness (QED) is 0.842. The summed E-state index contributed by atoms with van der Waals surface area (Å²) in [4.78, 5) is 28.2. The summed E-state index contributed by atoms with van der Waals surface area (Å²) in [6, 6.07) is 2.10. The Morgan fingerprint density at radius 1 is 1.23 bits per heavy atom. The van der Waals surface area contributed by atoms with Gasteiger partial charge in [-0.25, -0.2) is 0 Å². The Hall–Kier alpha value is -1.89. The second-order valence-corrected chi connectivity index (χ2v) is 6.18. The molecule has 3 N–H and O–H groups in total. The van der Waals surface area contributed by atoms with Gasteiger partial charge in [-0.2, -0.15) is 5.10 Å². The van der Waals surface area contributed by atoms with E-state index in [0.29, 0.717) is 5.69 Å². The van der Waals surface area contributed by atoms with Gasteiger partial charge in [0.1, 0.15) is 5.69 Å². The van der Waals surface area contributed by atoms with Crippen LogP contribution in [0.2, 0.25) is 0 Å². The molecule has 1 aromatic heterocycles. The van der Waals surface area contributed by atoms with Gasteiger partial charge < -0.3 is 10.6 Å². The molecule has 2 fully saturated rings. The van der Waals surface area contributed by atoms with E-state index in [-0.39, 0.29) is 30.4 Å². The molecule has 0 radical (unpaired) electrons. The van der Waals surface area contributed by atoms with Crippen LogP contribution in [-0.4, -0.2) is 63.5 Å². The van der Waals surface area contributed by atoms with Crippen LogP contribution in [0.4, 0.5) is 0 Å². The SMILES string of the molecule is NC(=O)CN1CCCC[C@@H]2[C@H]1CCCN2C(=O)c1ccn[nH]1. The Labute approximate surface area is 129 Å². The molecule has 0 aromatic carbocycles. The zero-order valence-electron chi connectivity index (χ0n) is 12.7. The number of fused-ring (bicyclic) bond motifs is 1. The van der Waals surface area contributed by atoms with Crippen LogP contribution in [0, 0.1) is 0 Å². The molecular weight excluding hydrogens is 282 g/mol. The highest BCUT2D eigenvalue weighted by atomic mass is 16.2. The Kier molecular flexibility index (Phi) is 4.42. The van der Waals surface area contributed by atoms with Gasteiger partial charge in [0.05, 0.1) is 6.54 Å². The molecule has 0 bridgehead atoms. The molecule has 2 aliphatic heterocycles. The number of carbonyl (C=O) groups excluding carboxylic acids is 2. The van der Waals surface area contributed by atoms with E-state index in [4.69, 9.17) is 5.73 Å². The van der Waals surface area contributed by atoms with Crippen LogP contribution in [0.1, 0.15) is 42.6 Å². The predicted octanol–water partition coefficient (Wildman–Crippen LogP) is 0.354. The number of piperidine rings is 1. The molecular formula is C15H23N5O2. The maximum atomic E-state index is 12.7. The maximum Gasteiger partial charge on any atom is 0.272 e. The van der Waals surface area contributed by atoms with Crippen molar-refractivity contribution in [1.82, 2.24) is 20.0 Å². The van der Waals surface area contributed by atoms with Crippen molar-refractivity contribution in [3.63, 3.8) is 0 Å². The van der Waals surface area contributed by atoms with E-state index < -0.39 is 0 Å². The van der Waals surface area contributed by atoms with Crippen molar-refractivity contribution in [1.29, 1.82) is 0 Å². The summed E-state index contributed by atoms with van der Waals surface area (Å²) in [5.74, 6) is -0.286. The first-order valence-corrected chi connectivity index (χ1v) is 7.99. The number of nitrogens with zero attached hydrogens (tertiary/aromatic N) is 3. The third kappa shape index (κ3) is 2.99. The molecule has 0 aliphatic carbocycles. The Balaban J connectivity index is 1.81. The van der Waals surface area contributed by atoms with E-state index in [2.05, 4.69) is 15.1 Å². The molecule has 1 aromatic rings. The highest BCUT2D eigenvalue weighted by Crippen LogP contribution is 2.30. The van der Waals surface area contributed by atoms with Gasteiger partial charge in [0.25, 0.3) is 5.91 Å². The summed E-state index contributed by atoms with van der Waals surface area (Å²) in [7, 11) is 0. The average Bonchev–Trinajstić information content (AvgIpc) is 2.96. The van der Waals surface area contributed by atoms with Crippen molar-refractivity contribution in [3.8, 4) is 0 Å². The molecule has 3 rings (SSSR count). The van der Waals surface area contributed by atoms with Gasteiger partial charge in [0.2, 0.25) is 5.91 Å². The van der Waals surface area contributed by atoms with Crippen LogP contribution in [0.3, 0.4) is 0 Å². The molecule has 3 heterocycles. The van der Waals surface area contributed by atoms with Crippen molar-refractivity contribution in [2.24, 2.45) is 5.73 Å². The zero-order valence-corrected chi connectivity index (χ0v) is 12.7. The lowest BCUT2D eigenvalue weighted by atomic mass is 9.92. The number of primary amides is 1. The van der Waals surface area contributed by atoms with Crippen LogP contribution in [0.25, 0.3) is 0 Å². The number of nitrogens with two attached hydrogens (primary N) is 1.